The first-order valence-electron chi connectivity index (χ1n) is 11.0. The lowest BCUT2D eigenvalue weighted by Crippen LogP contribution is -2.47. The van der Waals surface area contributed by atoms with Gasteiger partial charge >= 0.3 is 12.2 Å². The SMILES string of the molecule is CN1CCN(C(=O)c2ncnc(Sc3ccc(NC(=O)Nc4ccc(Cl)c(C(F)(F)F)c4)cc3)n2)CC1. The number of anilines is 2. The van der Waals surface area contributed by atoms with Crippen LogP contribution >= 0.6 is 23.4 Å². The molecule has 9 nitrogen and oxygen atoms in total. The molecule has 0 saturated carbocycles. The summed E-state index contributed by atoms with van der Waals surface area (Å²) in [7, 11) is 2.00. The number of aromatic nitrogens is 3. The van der Waals surface area contributed by atoms with Gasteiger partial charge in [-0.05, 0) is 61.3 Å². The van der Waals surface area contributed by atoms with Gasteiger partial charge in [-0.1, -0.05) is 11.6 Å². The maximum atomic E-state index is 13.0. The van der Waals surface area contributed by atoms with Crippen molar-refractivity contribution in [3.8, 4) is 0 Å². The molecule has 1 saturated heterocycles. The number of carbonyl (C=O) groups excluding carboxylic acids is 2. The quantitative estimate of drug-likeness (QED) is 0.472. The zero-order chi connectivity index (χ0) is 26.6. The van der Waals surface area contributed by atoms with Crippen molar-refractivity contribution in [2.75, 3.05) is 43.9 Å². The molecule has 1 fully saturated rings. The average molecular weight is 552 g/mol. The molecule has 1 aliphatic rings. The predicted octanol–water partition coefficient (Wildman–Crippen LogP) is 4.73. The van der Waals surface area contributed by atoms with Gasteiger partial charge in [0.25, 0.3) is 5.91 Å². The van der Waals surface area contributed by atoms with Gasteiger partial charge in [-0.2, -0.15) is 18.2 Å². The van der Waals surface area contributed by atoms with E-state index < -0.39 is 22.8 Å². The van der Waals surface area contributed by atoms with Crippen LogP contribution in [0.25, 0.3) is 0 Å². The number of alkyl halides is 3. The Morgan fingerprint density at radius 3 is 2.30 bits per heavy atom. The predicted molar refractivity (Wildman–Crippen MR) is 133 cm³/mol. The van der Waals surface area contributed by atoms with Gasteiger partial charge in [0.1, 0.15) is 6.33 Å². The highest BCUT2D eigenvalue weighted by molar-refractivity contribution is 7.99. The number of hydrogen-bond donors (Lipinski definition) is 2. The standard InChI is InChI=1S/C23H21ClF3N7O2S/c1-33-8-10-34(11-9-33)20(35)19-28-13-29-22(32-19)37-16-5-2-14(3-6-16)30-21(36)31-15-4-7-18(24)17(12-15)23(25,26)27/h2-7,12-13H,8-11H2,1H3,(H2,30,31,36). The molecule has 0 unspecified atom stereocenters. The van der Waals surface area contributed by atoms with E-state index in [4.69, 9.17) is 11.6 Å². The van der Waals surface area contributed by atoms with Crippen molar-refractivity contribution in [1.82, 2.24) is 24.8 Å². The van der Waals surface area contributed by atoms with Gasteiger partial charge in [-0.25, -0.2) is 14.8 Å². The van der Waals surface area contributed by atoms with Crippen molar-refractivity contribution in [3.05, 3.63) is 65.2 Å². The van der Waals surface area contributed by atoms with Crippen LogP contribution in [-0.4, -0.2) is 69.9 Å². The number of nitrogens with zero attached hydrogens (tertiary/aromatic N) is 5. The molecular weight excluding hydrogens is 531 g/mol. The molecule has 4 rings (SSSR count). The largest absolute Gasteiger partial charge is 0.417 e. The third-order valence-electron chi connectivity index (χ3n) is 5.38. The molecular formula is C23H21ClF3N7O2S. The van der Waals surface area contributed by atoms with Crippen molar-refractivity contribution >= 4 is 46.7 Å². The summed E-state index contributed by atoms with van der Waals surface area (Å²) in [5.41, 5.74) is -0.688. The number of urea groups is 1. The Balaban J connectivity index is 1.35. The molecule has 0 aliphatic carbocycles. The monoisotopic (exact) mass is 551 g/mol. The second-order valence-electron chi connectivity index (χ2n) is 8.09. The van der Waals surface area contributed by atoms with E-state index in [1.807, 2.05) is 7.05 Å². The maximum Gasteiger partial charge on any atom is 0.417 e. The first-order valence-corrected chi connectivity index (χ1v) is 12.2. The van der Waals surface area contributed by atoms with Crippen LogP contribution in [0, 0.1) is 0 Å². The summed E-state index contributed by atoms with van der Waals surface area (Å²) in [5, 5.41) is 4.78. The third-order valence-corrected chi connectivity index (χ3v) is 6.60. The molecule has 14 heteroatoms. The van der Waals surface area contributed by atoms with Crippen molar-refractivity contribution < 1.29 is 22.8 Å². The summed E-state index contributed by atoms with van der Waals surface area (Å²) < 4.78 is 39.1. The Kier molecular flexibility index (Phi) is 8.15. The summed E-state index contributed by atoms with van der Waals surface area (Å²) in [5.74, 6) is -0.168. The van der Waals surface area contributed by atoms with E-state index in [9.17, 15) is 22.8 Å². The molecule has 194 valence electrons. The van der Waals surface area contributed by atoms with E-state index in [-0.39, 0.29) is 17.4 Å². The lowest BCUT2D eigenvalue weighted by molar-refractivity contribution is -0.137. The van der Waals surface area contributed by atoms with Crippen LogP contribution in [0.1, 0.15) is 16.2 Å². The molecule has 1 aromatic heterocycles. The van der Waals surface area contributed by atoms with Crippen LogP contribution in [0.4, 0.5) is 29.3 Å². The molecule has 3 aromatic rings. The minimum absolute atomic E-state index is 0.0573. The maximum absolute atomic E-state index is 13.0. The number of piperazine rings is 1. The molecule has 3 amide bonds. The van der Waals surface area contributed by atoms with Gasteiger partial charge in [0.2, 0.25) is 5.82 Å². The molecule has 2 N–H and O–H groups in total. The molecule has 1 aliphatic heterocycles. The van der Waals surface area contributed by atoms with Crippen LogP contribution in [0.3, 0.4) is 0 Å². The summed E-state index contributed by atoms with van der Waals surface area (Å²) in [6.45, 7) is 2.77. The van der Waals surface area contributed by atoms with Crippen LogP contribution < -0.4 is 10.6 Å². The van der Waals surface area contributed by atoms with E-state index in [1.165, 1.54) is 24.2 Å². The number of nitrogens with one attached hydrogen (secondary N) is 2. The van der Waals surface area contributed by atoms with Gasteiger partial charge in [-0.15, -0.1) is 0 Å². The summed E-state index contributed by atoms with van der Waals surface area (Å²) in [4.78, 5) is 42.0. The summed E-state index contributed by atoms with van der Waals surface area (Å²) in [6, 6.07) is 9.02. The number of benzene rings is 2. The Hall–Kier alpha value is -3.42. The van der Waals surface area contributed by atoms with Gasteiger partial charge in [0.05, 0.1) is 10.6 Å². The third kappa shape index (κ3) is 7.08. The van der Waals surface area contributed by atoms with Gasteiger partial charge in [-0.3, -0.25) is 4.79 Å². The fourth-order valence-electron chi connectivity index (χ4n) is 3.41. The first kappa shape index (κ1) is 26.6. The van der Waals surface area contributed by atoms with Gasteiger partial charge in [0, 0.05) is 42.4 Å². The molecule has 2 aromatic carbocycles. The van der Waals surface area contributed by atoms with E-state index in [0.717, 1.165) is 30.1 Å². The smallest absolute Gasteiger partial charge is 0.333 e. The van der Waals surface area contributed by atoms with Crippen molar-refractivity contribution in [3.63, 3.8) is 0 Å². The Bertz CT molecular complexity index is 1290. The van der Waals surface area contributed by atoms with Gasteiger partial charge in [0.15, 0.2) is 5.16 Å². The van der Waals surface area contributed by atoms with E-state index in [0.29, 0.717) is 23.9 Å². The minimum atomic E-state index is -4.64. The highest BCUT2D eigenvalue weighted by Gasteiger charge is 2.33. The van der Waals surface area contributed by atoms with Crippen LogP contribution in [0.2, 0.25) is 5.02 Å². The molecule has 37 heavy (non-hydrogen) atoms. The Morgan fingerprint density at radius 2 is 1.62 bits per heavy atom. The van der Waals surface area contributed by atoms with Crippen LogP contribution in [0.5, 0.6) is 0 Å². The van der Waals surface area contributed by atoms with E-state index in [2.05, 4.69) is 30.5 Å². The molecule has 0 atom stereocenters. The van der Waals surface area contributed by atoms with Crippen molar-refractivity contribution in [2.24, 2.45) is 0 Å². The van der Waals surface area contributed by atoms with E-state index in [1.54, 1.807) is 29.2 Å². The first-order chi connectivity index (χ1) is 17.6. The van der Waals surface area contributed by atoms with Crippen LogP contribution in [-0.2, 0) is 6.18 Å². The zero-order valence-electron chi connectivity index (χ0n) is 19.4. The number of amides is 3. The fourth-order valence-corrected chi connectivity index (χ4v) is 4.35. The number of carbonyl (C=O) groups is 2. The van der Waals surface area contributed by atoms with Crippen molar-refractivity contribution in [2.45, 2.75) is 16.2 Å². The topological polar surface area (TPSA) is 103 Å². The highest BCUT2D eigenvalue weighted by Crippen LogP contribution is 2.36. The molecule has 0 radical (unpaired) electrons. The van der Waals surface area contributed by atoms with Gasteiger partial charge < -0.3 is 20.4 Å². The lowest BCUT2D eigenvalue weighted by Gasteiger charge is -2.31. The molecule has 0 bridgehead atoms. The number of halogens is 4. The average Bonchev–Trinajstić information content (AvgIpc) is 2.86. The second-order valence-corrected chi connectivity index (χ2v) is 9.53. The van der Waals surface area contributed by atoms with Crippen molar-refractivity contribution in [1.29, 1.82) is 0 Å². The fraction of sp³-hybridized carbons (Fsp3) is 0.261. The zero-order valence-corrected chi connectivity index (χ0v) is 21.0. The molecule has 2 heterocycles. The number of rotatable bonds is 5. The number of hydrogen-bond acceptors (Lipinski definition) is 7. The van der Waals surface area contributed by atoms with Crippen LogP contribution in [0.15, 0.2) is 58.8 Å². The Labute approximate surface area is 219 Å². The normalized spacial score (nSPS) is 14.4. The van der Waals surface area contributed by atoms with E-state index >= 15 is 0 Å². The highest BCUT2D eigenvalue weighted by atomic mass is 35.5. The summed E-state index contributed by atoms with van der Waals surface area (Å²) >= 11 is 6.81. The lowest BCUT2D eigenvalue weighted by atomic mass is 10.2. The Morgan fingerprint density at radius 1 is 0.973 bits per heavy atom. The molecule has 0 spiro atoms. The second kappa shape index (κ2) is 11.3. The summed E-state index contributed by atoms with van der Waals surface area (Å²) in [6.07, 6.45) is -3.35. The minimum Gasteiger partial charge on any atom is -0.333 e. The number of likely N-dealkylation sites (N-methyl/N-ethyl adjacent to an activating group) is 1.